The summed E-state index contributed by atoms with van der Waals surface area (Å²) in [6.45, 7) is 83.7. The van der Waals surface area contributed by atoms with Crippen molar-refractivity contribution in [3.63, 3.8) is 0 Å². The average molecular weight is 2080 g/mol. The van der Waals surface area contributed by atoms with Crippen LogP contribution in [0.5, 0.6) is 0 Å². The zero-order valence-electron chi connectivity index (χ0n) is 95.3. The lowest BCUT2D eigenvalue weighted by Crippen LogP contribution is -2.54. The number of carbonyl (C=O) groups is 8. The van der Waals surface area contributed by atoms with Gasteiger partial charge in [0.25, 0.3) is 0 Å². The summed E-state index contributed by atoms with van der Waals surface area (Å²) in [5, 5.41) is 0. The summed E-state index contributed by atoms with van der Waals surface area (Å²) in [4.78, 5) is 115. The maximum atomic E-state index is 12.3. The zero-order valence-corrected chi connectivity index (χ0v) is 96.1. The Hall–Kier alpha value is -4.57. The van der Waals surface area contributed by atoms with E-state index in [4.69, 9.17) is 80.5 Å². The van der Waals surface area contributed by atoms with Gasteiger partial charge in [0.05, 0.1) is 162 Å². The van der Waals surface area contributed by atoms with Gasteiger partial charge in [-0.25, -0.2) is 0 Å². The summed E-state index contributed by atoms with van der Waals surface area (Å²) < 4.78 is 94.1. The predicted octanol–water partition coefficient (Wildman–Crippen LogP) is 13.9. The summed E-state index contributed by atoms with van der Waals surface area (Å²) in [6.07, 6.45) is 18.7. The van der Waals surface area contributed by atoms with E-state index in [1.165, 1.54) is 38.5 Å². The number of hydrogen-bond acceptors (Lipinski definition) is 34. The normalized spacial score (nSPS) is 23.4. The Balaban J connectivity index is 0.000000225. The highest BCUT2D eigenvalue weighted by molar-refractivity contribution is 7.99. The largest absolute Gasteiger partial charge is 0.464 e. The molecule has 0 bridgehead atoms. The van der Waals surface area contributed by atoms with Gasteiger partial charge in [0.15, 0.2) is 0 Å². The van der Waals surface area contributed by atoms with Crippen molar-refractivity contribution in [1.82, 2.24) is 39.2 Å². The third-order valence-electron chi connectivity index (χ3n) is 28.5. The molecule has 4 saturated carbocycles. The molecule has 0 spiro atoms. The summed E-state index contributed by atoms with van der Waals surface area (Å²) in [5.41, 5.74) is -4.95. The van der Waals surface area contributed by atoms with Crippen LogP contribution in [0.1, 0.15) is 289 Å². The van der Waals surface area contributed by atoms with E-state index < -0.39 is 43.3 Å². The Labute approximate surface area is 878 Å². The van der Waals surface area contributed by atoms with Crippen molar-refractivity contribution < 1.29 is 119 Å². The molecule has 14 fully saturated rings. The molecule has 842 valence electrons. The van der Waals surface area contributed by atoms with Crippen LogP contribution in [0.4, 0.5) is 0 Å². The van der Waals surface area contributed by atoms with Crippen LogP contribution in [0, 0.1) is 43.3 Å². The van der Waals surface area contributed by atoms with E-state index in [0.29, 0.717) is 26.4 Å². The van der Waals surface area contributed by atoms with E-state index in [1.54, 1.807) is 0 Å². The number of morpholine rings is 8. The number of ether oxygens (including phenoxy) is 17. The first-order valence-electron chi connectivity index (χ1n) is 55.2. The van der Waals surface area contributed by atoms with Crippen LogP contribution < -0.4 is 0 Å². The van der Waals surface area contributed by atoms with E-state index in [1.807, 2.05) is 178 Å². The molecule has 33 nitrogen and oxygen atoms in total. The van der Waals surface area contributed by atoms with Crippen molar-refractivity contribution in [2.24, 2.45) is 43.3 Å². The van der Waals surface area contributed by atoms with E-state index in [0.717, 1.165) is 345 Å². The molecular formula is C111H202N8O25S. The van der Waals surface area contributed by atoms with Crippen molar-refractivity contribution in [2.45, 2.75) is 328 Å². The average Bonchev–Trinajstić information content (AvgIpc) is 1.49. The molecule has 10 heterocycles. The Morgan fingerprint density at radius 2 is 0.434 bits per heavy atom. The quantitative estimate of drug-likeness (QED) is 0.0640. The fourth-order valence-corrected chi connectivity index (χ4v) is 19.3. The predicted molar refractivity (Wildman–Crippen MR) is 564 cm³/mol. The molecule has 34 heteroatoms. The van der Waals surface area contributed by atoms with Gasteiger partial charge in [-0.15, -0.1) is 0 Å². The summed E-state index contributed by atoms with van der Waals surface area (Å²) >= 11 is 1.96. The van der Waals surface area contributed by atoms with E-state index >= 15 is 0 Å². The third-order valence-corrected chi connectivity index (χ3v) is 29.5. The van der Waals surface area contributed by atoms with Crippen LogP contribution in [0.2, 0.25) is 0 Å². The Morgan fingerprint density at radius 3 is 0.669 bits per heavy atom. The molecule has 0 aromatic heterocycles. The van der Waals surface area contributed by atoms with Crippen LogP contribution in [0.25, 0.3) is 0 Å². The summed E-state index contributed by atoms with van der Waals surface area (Å²) in [7, 11) is 0. The van der Waals surface area contributed by atoms with Crippen LogP contribution in [-0.2, 0) is 119 Å². The second-order valence-corrected chi connectivity index (χ2v) is 52.0. The molecule has 10 aliphatic heterocycles. The van der Waals surface area contributed by atoms with E-state index in [2.05, 4.69) is 46.1 Å². The molecule has 4 aliphatic carbocycles. The van der Waals surface area contributed by atoms with Gasteiger partial charge in [0.2, 0.25) is 0 Å². The highest BCUT2D eigenvalue weighted by Crippen LogP contribution is 2.44. The van der Waals surface area contributed by atoms with E-state index in [-0.39, 0.29) is 87.4 Å². The topological polar surface area (TPSA) is 319 Å². The van der Waals surface area contributed by atoms with Crippen LogP contribution in [-0.4, -0.2) is 421 Å². The van der Waals surface area contributed by atoms with Gasteiger partial charge < -0.3 is 80.5 Å². The van der Waals surface area contributed by atoms with Gasteiger partial charge in [-0.2, -0.15) is 11.8 Å². The molecule has 14 aliphatic rings. The minimum Gasteiger partial charge on any atom is -0.464 e. The molecule has 0 radical (unpaired) electrons. The van der Waals surface area contributed by atoms with Crippen LogP contribution in [0.15, 0.2) is 0 Å². The number of rotatable bonds is 24. The second-order valence-electron chi connectivity index (χ2n) is 50.8. The first kappa shape index (κ1) is 127. The van der Waals surface area contributed by atoms with Crippen molar-refractivity contribution in [3.05, 3.63) is 0 Å². The van der Waals surface area contributed by atoms with Crippen LogP contribution in [0.3, 0.4) is 0 Å². The minimum absolute atomic E-state index is 0.0624. The zero-order chi connectivity index (χ0) is 107. The molecule has 1 unspecified atom stereocenters. The lowest BCUT2D eigenvalue weighted by atomic mass is 9.79. The molecule has 0 amide bonds. The SMILES string of the molecule is CC(C)(C)C(=O)OC1(CN2CCOCC2)CC1.CC(C)(C)C(=O)OC1(CN2CCOCC2)CCC1.CC(C)(C)C(=O)OC1(CN2CCOCC2)CCCC1.CC(C)(C)C(=O)OC1(CN2CCOCC2)CCCCC1.CC(C)(C)C(=O)OC1(CN2CCOCC2)CCOCC1.CC(C)(C)C(=O)OC1(CN2CCOCC2)CCSCC1.CC(C)(C)C(=O)OCCN1CCOCC1.CC(COC(=O)C(C)(C)C)N1CCOCC1. The fraction of sp³-hybridized carbons (Fsp3) is 0.928. The molecule has 0 aromatic carbocycles. The molecule has 145 heavy (non-hydrogen) atoms. The van der Waals surface area contributed by atoms with Crippen LogP contribution >= 0.6 is 11.8 Å². The molecular weight excluding hydrogens is 1880 g/mol. The first-order valence-corrected chi connectivity index (χ1v) is 56.4. The van der Waals surface area contributed by atoms with Gasteiger partial charge in [0.1, 0.15) is 46.8 Å². The van der Waals surface area contributed by atoms with Gasteiger partial charge in [0, 0.05) is 169 Å². The highest BCUT2D eigenvalue weighted by Gasteiger charge is 2.52. The second kappa shape index (κ2) is 59.8. The smallest absolute Gasteiger partial charge is 0.311 e. The molecule has 14 rings (SSSR count). The molecule has 1 atom stereocenters. The van der Waals surface area contributed by atoms with Crippen molar-refractivity contribution in [2.75, 3.05) is 294 Å². The number of nitrogens with zero attached hydrogens (tertiary/aromatic N) is 8. The summed E-state index contributed by atoms with van der Waals surface area (Å²) in [5.74, 6) is 1.44. The Morgan fingerprint density at radius 1 is 0.234 bits per heavy atom. The maximum Gasteiger partial charge on any atom is 0.311 e. The lowest BCUT2D eigenvalue weighted by Gasteiger charge is -2.45. The van der Waals surface area contributed by atoms with Crippen molar-refractivity contribution >= 4 is 59.5 Å². The maximum absolute atomic E-state index is 12.3. The van der Waals surface area contributed by atoms with Gasteiger partial charge in [-0.3, -0.25) is 77.6 Å². The summed E-state index contributed by atoms with van der Waals surface area (Å²) in [6, 6.07) is 0.273. The van der Waals surface area contributed by atoms with Crippen molar-refractivity contribution in [1.29, 1.82) is 0 Å². The number of carbonyl (C=O) groups excluding carboxylic acids is 8. The number of hydrogen-bond donors (Lipinski definition) is 0. The Kier molecular flexibility index (Phi) is 52.5. The minimum atomic E-state index is -0.462. The molecule has 0 aromatic rings. The van der Waals surface area contributed by atoms with E-state index in [9.17, 15) is 38.4 Å². The monoisotopic (exact) mass is 2080 g/mol. The van der Waals surface area contributed by atoms with Gasteiger partial charge >= 0.3 is 47.8 Å². The number of thioether (sulfide) groups is 1. The van der Waals surface area contributed by atoms with Gasteiger partial charge in [-0.05, 0) is 281 Å². The first-order chi connectivity index (χ1) is 67.9. The third kappa shape index (κ3) is 47.9. The lowest BCUT2D eigenvalue weighted by molar-refractivity contribution is -0.184. The van der Waals surface area contributed by atoms with Gasteiger partial charge in [-0.1, -0.05) is 6.42 Å². The molecule has 10 saturated heterocycles. The molecule has 0 N–H and O–H groups in total. The standard InChI is InChI=1S/C16H29NO3.C15H27NO4.C15H27NO3S.C15H27NO3.C14H25NO3.C13H23NO3.C12H23NO3.C11H21NO3/c1-15(2,3)14(18)20-16(7-5-4-6-8-16)13-17-9-11-19-12-10-17;1-14(2,3)13(17)20-15(4-8-18-9-5-15)12-16-6-10-19-11-7-16;1-14(2,3)13(17)19-15(4-10-20-11-5-15)12-16-6-8-18-9-7-16;1-14(2,3)13(17)19-15(6-4-5-7-15)12-16-8-10-18-11-9-16;1-13(2,3)12(16)18-14(5-4-6-14)11-15-7-9-17-10-8-15;1-12(2,3)11(15)17-13(4-5-13)10-14-6-8-16-9-7-14;1-10(13-5-7-15-8-6-13)9-16-11(14)12(2,3)4;1-11(2,3)10(13)15-9-6-12-4-7-14-8-5-12/h4-13H2,1-3H3;2*4-12H2,1-3H3;4-12H2,1-3H3;4-11H2,1-3H3;4-10H2,1-3H3;10H,5-9H2,1-4H3;4-9H2,1-3H3. The number of esters is 8. The highest BCUT2D eigenvalue weighted by atomic mass is 32.2. The Bertz CT molecular complexity index is 3590. The fourth-order valence-electron chi connectivity index (χ4n) is 18.1. The van der Waals surface area contributed by atoms with Crippen molar-refractivity contribution in [3.8, 4) is 0 Å².